The molecule has 1 aliphatic rings. The van der Waals surface area contributed by atoms with Crippen molar-refractivity contribution in [2.45, 2.75) is 18.4 Å². The van der Waals surface area contributed by atoms with Crippen LogP contribution in [-0.2, 0) is 21.4 Å². The van der Waals surface area contributed by atoms with E-state index in [-0.39, 0.29) is 27.3 Å². The highest BCUT2D eigenvalue weighted by Crippen LogP contribution is 2.33. The number of primary sulfonamides is 1. The Kier molecular flexibility index (Phi) is 6.23. The number of thiocarbonyl (C=S) groups is 1. The first-order chi connectivity index (χ1) is 15.8. The summed E-state index contributed by atoms with van der Waals surface area (Å²) in [5, 5.41) is 12.3. The Morgan fingerprint density at radius 1 is 1.03 bits per heavy atom. The van der Waals surface area contributed by atoms with Crippen molar-refractivity contribution >= 4 is 50.3 Å². The van der Waals surface area contributed by atoms with Crippen molar-refractivity contribution in [3.63, 3.8) is 0 Å². The van der Waals surface area contributed by atoms with Gasteiger partial charge in [-0.05, 0) is 42.4 Å². The molecule has 4 N–H and O–H groups in total. The number of nitrogens with one attached hydrogen (secondary N) is 2. The van der Waals surface area contributed by atoms with E-state index in [1.807, 2.05) is 55.5 Å². The van der Waals surface area contributed by atoms with Crippen LogP contribution in [0.4, 0.5) is 11.4 Å². The third kappa shape index (κ3) is 4.77. The maximum Gasteiger partial charge on any atom is 0.279 e. The fourth-order valence-electron chi connectivity index (χ4n) is 3.65. The lowest BCUT2D eigenvalue weighted by atomic mass is 10.1. The van der Waals surface area contributed by atoms with E-state index in [4.69, 9.17) is 17.4 Å². The van der Waals surface area contributed by atoms with Crippen LogP contribution in [0.25, 0.3) is 0 Å². The number of anilines is 2. The lowest BCUT2D eigenvalue weighted by Gasteiger charge is -2.18. The van der Waals surface area contributed by atoms with E-state index in [1.54, 1.807) is 17.0 Å². The average molecular weight is 480 g/mol. The van der Waals surface area contributed by atoms with Crippen molar-refractivity contribution in [2.75, 3.05) is 10.2 Å². The van der Waals surface area contributed by atoms with Crippen molar-refractivity contribution in [3.8, 4) is 0 Å². The molecule has 33 heavy (non-hydrogen) atoms. The van der Waals surface area contributed by atoms with Crippen molar-refractivity contribution in [3.05, 3.63) is 89.5 Å². The summed E-state index contributed by atoms with van der Waals surface area (Å²) in [5.74, 6) is -0.261. The Morgan fingerprint density at radius 2 is 1.73 bits per heavy atom. The minimum Gasteiger partial charge on any atom is -0.330 e. The van der Waals surface area contributed by atoms with Gasteiger partial charge in [0.25, 0.3) is 5.91 Å². The topological polar surface area (TPSA) is 117 Å². The number of amides is 1. The highest BCUT2D eigenvalue weighted by atomic mass is 32.2. The Hall–Kier alpha value is -3.60. The SMILES string of the molecule is Cc1cccc2c1N(Cc1ccccc1)C(=O)C2=NNC(=S)Nc1ccccc1S(N)(=O)=O. The molecule has 1 heterocycles. The molecule has 0 aliphatic carbocycles. The van der Waals surface area contributed by atoms with Crippen LogP contribution in [0.1, 0.15) is 16.7 Å². The second-order valence-electron chi connectivity index (χ2n) is 7.42. The van der Waals surface area contributed by atoms with Crippen LogP contribution < -0.4 is 20.8 Å². The normalized spacial score (nSPS) is 14.3. The van der Waals surface area contributed by atoms with Crippen LogP contribution in [0.3, 0.4) is 0 Å². The summed E-state index contributed by atoms with van der Waals surface area (Å²) in [6.07, 6.45) is 0. The van der Waals surface area contributed by atoms with Crippen molar-refractivity contribution in [1.29, 1.82) is 0 Å². The van der Waals surface area contributed by atoms with Gasteiger partial charge in [-0.1, -0.05) is 60.7 Å². The molecular weight excluding hydrogens is 458 g/mol. The number of hydrogen-bond acceptors (Lipinski definition) is 5. The number of aryl methyl sites for hydroxylation is 1. The molecule has 0 fully saturated rings. The first-order valence-corrected chi connectivity index (χ1v) is 11.9. The molecular formula is C23H21N5O3S2. The maximum absolute atomic E-state index is 13.3. The molecule has 0 aromatic heterocycles. The van der Waals surface area contributed by atoms with Gasteiger partial charge in [-0.25, -0.2) is 13.6 Å². The molecule has 0 radical (unpaired) electrons. The number of nitrogens with zero attached hydrogens (tertiary/aromatic N) is 2. The third-order valence-electron chi connectivity index (χ3n) is 5.11. The van der Waals surface area contributed by atoms with Crippen LogP contribution in [0, 0.1) is 6.92 Å². The number of hydrogen-bond donors (Lipinski definition) is 3. The molecule has 3 aromatic carbocycles. The Labute approximate surface area is 197 Å². The van der Waals surface area contributed by atoms with Crippen LogP contribution in [0.5, 0.6) is 0 Å². The molecule has 1 amide bonds. The summed E-state index contributed by atoms with van der Waals surface area (Å²) in [7, 11) is -3.95. The number of carbonyl (C=O) groups is 1. The zero-order valence-electron chi connectivity index (χ0n) is 17.6. The predicted octanol–water partition coefficient (Wildman–Crippen LogP) is 2.88. The second kappa shape index (κ2) is 9.10. The summed E-state index contributed by atoms with van der Waals surface area (Å²) >= 11 is 5.26. The zero-order valence-corrected chi connectivity index (χ0v) is 19.3. The molecule has 168 valence electrons. The van der Waals surface area contributed by atoms with Crippen LogP contribution in [0.15, 0.2) is 82.8 Å². The van der Waals surface area contributed by atoms with E-state index in [1.165, 1.54) is 12.1 Å². The predicted molar refractivity (Wildman–Crippen MR) is 133 cm³/mol. The second-order valence-corrected chi connectivity index (χ2v) is 9.35. The fraction of sp³-hybridized carbons (Fsp3) is 0.0870. The summed E-state index contributed by atoms with van der Waals surface area (Å²) in [4.78, 5) is 14.9. The Morgan fingerprint density at radius 3 is 2.45 bits per heavy atom. The number of nitrogens with two attached hydrogens (primary N) is 1. The van der Waals surface area contributed by atoms with Crippen LogP contribution in [-0.4, -0.2) is 25.1 Å². The highest BCUT2D eigenvalue weighted by Gasteiger charge is 2.35. The fourth-order valence-corrected chi connectivity index (χ4v) is 4.50. The summed E-state index contributed by atoms with van der Waals surface area (Å²) in [6.45, 7) is 2.35. The summed E-state index contributed by atoms with van der Waals surface area (Å²) < 4.78 is 23.6. The lowest BCUT2D eigenvalue weighted by Crippen LogP contribution is -2.32. The van der Waals surface area contributed by atoms with Crippen molar-refractivity contribution in [2.24, 2.45) is 10.2 Å². The number of sulfonamides is 1. The van der Waals surface area contributed by atoms with Gasteiger partial charge in [0.1, 0.15) is 4.90 Å². The lowest BCUT2D eigenvalue weighted by molar-refractivity contribution is -0.112. The molecule has 4 rings (SSSR count). The zero-order chi connectivity index (χ0) is 23.6. The third-order valence-corrected chi connectivity index (χ3v) is 6.27. The van der Waals surface area contributed by atoms with Crippen molar-refractivity contribution < 1.29 is 13.2 Å². The standard InChI is InChI=1S/C23H21N5O3S2/c1-15-8-7-11-17-20(22(29)28(21(15)17)14-16-9-3-2-4-10-16)26-27-23(32)25-18-12-5-6-13-19(18)33(24,30)31/h2-13H,14H2,1H3,(H2,24,30,31)(H2,25,27,32). The maximum atomic E-state index is 13.3. The van der Waals surface area contributed by atoms with Crippen LogP contribution >= 0.6 is 12.2 Å². The van der Waals surface area contributed by atoms with E-state index in [2.05, 4.69) is 15.8 Å². The highest BCUT2D eigenvalue weighted by molar-refractivity contribution is 7.89. The van der Waals surface area contributed by atoms with Gasteiger partial charge < -0.3 is 10.2 Å². The molecule has 0 saturated carbocycles. The molecule has 0 unspecified atom stereocenters. The number of hydrazone groups is 1. The molecule has 0 spiro atoms. The largest absolute Gasteiger partial charge is 0.330 e. The van der Waals surface area contributed by atoms with Gasteiger partial charge in [-0.3, -0.25) is 10.2 Å². The minimum atomic E-state index is -3.95. The minimum absolute atomic E-state index is 0.0158. The van der Waals surface area contributed by atoms with Gasteiger partial charge in [0.05, 0.1) is 17.9 Å². The monoisotopic (exact) mass is 479 g/mol. The summed E-state index contributed by atoms with van der Waals surface area (Å²) in [5.41, 5.74) is 6.50. The first kappa shape index (κ1) is 22.6. The summed E-state index contributed by atoms with van der Waals surface area (Å²) in [6, 6.07) is 21.4. The Bertz CT molecular complexity index is 1370. The molecule has 0 atom stereocenters. The Balaban J connectivity index is 1.59. The molecule has 0 bridgehead atoms. The number of rotatable bonds is 5. The van der Waals surface area contributed by atoms with Gasteiger partial charge >= 0.3 is 0 Å². The molecule has 1 aliphatic heterocycles. The number of fused-ring (bicyclic) bond motifs is 1. The molecule has 0 saturated heterocycles. The molecule has 10 heteroatoms. The van der Waals surface area contributed by atoms with Gasteiger partial charge in [0.2, 0.25) is 10.0 Å². The number of benzene rings is 3. The number of para-hydroxylation sites is 2. The first-order valence-electron chi connectivity index (χ1n) is 9.98. The van der Waals surface area contributed by atoms with Gasteiger partial charge in [-0.2, -0.15) is 5.10 Å². The van der Waals surface area contributed by atoms with Crippen LogP contribution in [0.2, 0.25) is 0 Å². The quantitative estimate of drug-likeness (QED) is 0.383. The van der Waals surface area contributed by atoms with E-state index < -0.39 is 10.0 Å². The van der Waals surface area contributed by atoms with Crippen molar-refractivity contribution in [1.82, 2.24) is 5.43 Å². The van der Waals surface area contributed by atoms with Gasteiger partial charge in [0, 0.05) is 5.56 Å². The van der Waals surface area contributed by atoms with Gasteiger partial charge in [0.15, 0.2) is 10.8 Å². The van der Waals surface area contributed by atoms with Gasteiger partial charge in [-0.15, -0.1) is 0 Å². The smallest absolute Gasteiger partial charge is 0.279 e. The molecule has 3 aromatic rings. The van der Waals surface area contributed by atoms with E-state index >= 15 is 0 Å². The van der Waals surface area contributed by atoms with E-state index in [0.29, 0.717) is 12.1 Å². The average Bonchev–Trinajstić information content (AvgIpc) is 3.04. The van der Waals surface area contributed by atoms with E-state index in [9.17, 15) is 13.2 Å². The van der Waals surface area contributed by atoms with E-state index in [0.717, 1.165) is 16.8 Å². The number of carbonyl (C=O) groups excluding carboxylic acids is 1. The molecule has 8 nitrogen and oxygen atoms in total.